The SMILES string of the molecule is CC1CCCC(NC(=O)CN2CCN(C(=O)COc3cccc4ccccc34)CC2)C1. The number of fused-ring (bicyclic) bond motifs is 1. The number of nitrogens with one attached hydrogen (secondary N) is 1. The molecule has 2 atom stereocenters. The van der Waals surface area contributed by atoms with Gasteiger partial charge in [0.2, 0.25) is 5.91 Å². The third kappa shape index (κ3) is 5.76. The van der Waals surface area contributed by atoms with Gasteiger partial charge in [0.25, 0.3) is 5.91 Å². The highest BCUT2D eigenvalue weighted by molar-refractivity contribution is 5.88. The van der Waals surface area contributed by atoms with Crippen LogP contribution in [0.1, 0.15) is 32.6 Å². The zero-order valence-electron chi connectivity index (χ0n) is 18.4. The zero-order valence-corrected chi connectivity index (χ0v) is 18.4. The highest BCUT2D eigenvalue weighted by Crippen LogP contribution is 2.25. The summed E-state index contributed by atoms with van der Waals surface area (Å²) in [6.07, 6.45) is 4.65. The first-order valence-corrected chi connectivity index (χ1v) is 11.5. The second-order valence-corrected chi connectivity index (χ2v) is 8.96. The average molecular weight is 424 g/mol. The molecule has 0 aromatic heterocycles. The quantitative estimate of drug-likeness (QED) is 0.776. The third-order valence-electron chi connectivity index (χ3n) is 6.49. The molecule has 2 amide bonds. The van der Waals surface area contributed by atoms with E-state index < -0.39 is 0 Å². The third-order valence-corrected chi connectivity index (χ3v) is 6.49. The van der Waals surface area contributed by atoms with Crippen LogP contribution in [-0.4, -0.2) is 67.0 Å². The maximum absolute atomic E-state index is 12.6. The first-order chi connectivity index (χ1) is 15.1. The van der Waals surface area contributed by atoms with E-state index in [0.717, 1.165) is 29.4 Å². The Morgan fingerprint density at radius 2 is 1.81 bits per heavy atom. The molecule has 6 heteroatoms. The van der Waals surface area contributed by atoms with Crippen LogP contribution in [0.15, 0.2) is 42.5 Å². The molecule has 1 saturated carbocycles. The van der Waals surface area contributed by atoms with Gasteiger partial charge in [-0.2, -0.15) is 0 Å². The Labute approximate surface area is 184 Å². The molecule has 1 heterocycles. The van der Waals surface area contributed by atoms with E-state index in [1.165, 1.54) is 12.8 Å². The Hall–Kier alpha value is -2.60. The average Bonchev–Trinajstić information content (AvgIpc) is 2.78. The van der Waals surface area contributed by atoms with Crippen molar-refractivity contribution >= 4 is 22.6 Å². The van der Waals surface area contributed by atoms with Crippen LogP contribution in [0.25, 0.3) is 10.8 Å². The van der Waals surface area contributed by atoms with Crippen molar-refractivity contribution in [1.29, 1.82) is 0 Å². The highest BCUT2D eigenvalue weighted by Gasteiger charge is 2.25. The van der Waals surface area contributed by atoms with Gasteiger partial charge in [-0.1, -0.05) is 56.2 Å². The molecule has 166 valence electrons. The fourth-order valence-electron chi connectivity index (χ4n) is 4.75. The van der Waals surface area contributed by atoms with Crippen LogP contribution in [0.2, 0.25) is 0 Å². The van der Waals surface area contributed by atoms with Gasteiger partial charge in [0, 0.05) is 37.6 Å². The number of carbonyl (C=O) groups is 2. The van der Waals surface area contributed by atoms with Gasteiger partial charge in [-0.3, -0.25) is 14.5 Å². The van der Waals surface area contributed by atoms with Gasteiger partial charge in [-0.15, -0.1) is 0 Å². The van der Waals surface area contributed by atoms with E-state index in [2.05, 4.69) is 17.1 Å². The lowest BCUT2D eigenvalue weighted by Crippen LogP contribution is -2.52. The van der Waals surface area contributed by atoms with E-state index in [-0.39, 0.29) is 18.4 Å². The number of rotatable bonds is 6. The first kappa shape index (κ1) is 21.6. The summed E-state index contributed by atoms with van der Waals surface area (Å²) < 4.78 is 5.85. The normalized spacial score (nSPS) is 22.3. The number of nitrogens with zero attached hydrogens (tertiary/aromatic N) is 2. The number of hydrogen-bond acceptors (Lipinski definition) is 4. The van der Waals surface area contributed by atoms with Crippen molar-refractivity contribution < 1.29 is 14.3 Å². The molecule has 0 spiro atoms. The second kappa shape index (κ2) is 10.1. The molecule has 0 radical (unpaired) electrons. The van der Waals surface area contributed by atoms with Crippen LogP contribution in [0.3, 0.4) is 0 Å². The Balaban J connectivity index is 1.20. The van der Waals surface area contributed by atoms with E-state index in [4.69, 9.17) is 4.74 Å². The summed E-state index contributed by atoms with van der Waals surface area (Å²) in [5.41, 5.74) is 0. The summed E-state index contributed by atoms with van der Waals surface area (Å²) in [4.78, 5) is 29.0. The number of hydrogen-bond donors (Lipinski definition) is 1. The largest absolute Gasteiger partial charge is 0.483 e. The van der Waals surface area contributed by atoms with Crippen LogP contribution >= 0.6 is 0 Å². The van der Waals surface area contributed by atoms with E-state index in [0.29, 0.717) is 44.7 Å². The smallest absolute Gasteiger partial charge is 0.260 e. The van der Waals surface area contributed by atoms with E-state index in [9.17, 15) is 9.59 Å². The van der Waals surface area contributed by atoms with Crippen LogP contribution in [0.4, 0.5) is 0 Å². The van der Waals surface area contributed by atoms with Gasteiger partial charge in [-0.05, 0) is 30.2 Å². The van der Waals surface area contributed by atoms with Crippen LogP contribution in [0, 0.1) is 5.92 Å². The number of ether oxygens (including phenoxy) is 1. The monoisotopic (exact) mass is 423 g/mol. The van der Waals surface area contributed by atoms with E-state index >= 15 is 0 Å². The zero-order chi connectivity index (χ0) is 21.6. The van der Waals surface area contributed by atoms with Crippen LogP contribution in [0.5, 0.6) is 5.75 Å². The molecule has 1 aliphatic heterocycles. The number of piperazine rings is 1. The van der Waals surface area contributed by atoms with E-state index in [1.54, 1.807) is 0 Å². The van der Waals surface area contributed by atoms with Gasteiger partial charge in [0.05, 0.1) is 6.54 Å². The van der Waals surface area contributed by atoms with Crippen LogP contribution in [-0.2, 0) is 9.59 Å². The highest BCUT2D eigenvalue weighted by atomic mass is 16.5. The topological polar surface area (TPSA) is 61.9 Å². The Kier molecular flexibility index (Phi) is 7.07. The van der Waals surface area contributed by atoms with Gasteiger partial charge >= 0.3 is 0 Å². The van der Waals surface area contributed by atoms with Gasteiger partial charge in [0.1, 0.15) is 5.75 Å². The second-order valence-electron chi connectivity index (χ2n) is 8.96. The van der Waals surface area contributed by atoms with Gasteiger partial charge in [0.15, 0.2) is 6.61 Å². The summed E-state index contributed by atoms with van der Waals surface area (Å²) in [6.45, 7) is 5.41. The number of amides is 2. The Morgan fingerprint density at radius 3 is 2.61 bits per heavy atom. The molecular formula is C25H33N3O3. The fourth-order valence-corrected chi connectivity index (χ4v) is 4.75. The summed E-state index contributed by atoms with van der Waals surface area (Å²) in [7, 11) is 0. The molecule has 0 bridgehead atoms. The van der Waals surface area contributed by atoms with Crippen molar-refractivity contribution in [2.24, 2.45) is 5.92 Å². The minimum Gasteiger partial charge on any atom is -0.483 e. The molecule has 1 N–H and O–H groups in total. The van der Waals surface area contributed by atoms with Crippen molar-refractivity contribution in [2.45, 2.75) is 38.6 Å². The number of carbonyl (C=O) groups excluding carboxylic acids is 2. The first-order valence-electron chi connectivity index (χ1n) is 11.5. The summed E-state index contributed by atoms with van der Waals surface area (Å²) >= 11 is 0. The molecule has 2 aliphatic rings. The summed E-state index contributed by atoms with van der Waals surface area (Å²) in [6, 6.07) is 14.2. The molecule has 4 rings (SSSR count). The standard InChI is InChI=1S/C25H33N3O3/c1-19-6-4-9-21(16-19)26-24(29)17-27-12-14-28(15-13-27)25(30)18-31-23-11-5-8-20-7-2-3-10-22(20)23/h2-3,5,7-8,10-11,19,21H,4,6,9,12-18H2,1H3,(H,26,29). The molecular weight excluding hydrogens is 390 g/mol. The lowest BCUT2D eigenvalue weighted by molar-refractivity contribution is -0.135. The molecule has 2 fully saturated rings. The van der Waals surface area contributed by atoms with E-state index in [1.807, 2.05) is 47.4 Å². The van der Waals surface area contributed by atoms with Crippen LogP contribution < -0.4 is 10.1 Å². The molecule has 2 aromatic carbocycles. The molecule has 6 nitrogen and oxygen atoms in total. The number of benzene rings is 2. The lowest BCUT2D eigenvalue weighted by atomic mass is 9.87. The van der Waals surface area contributed by atoms with Crippen molar-refractivity contribution in [3.05, 3.63) is 42.5 Å². The minimum absolute atomic E-state index is 0.00627. The van der Waals surface area contributed by atoms with Crippen molar-refractivity contribution in [3.8, 4) is 5.75 Å². The molecule has 1 saturated heterocycles. The fraction of sp³-hybridized carbons (Fsp3) is 0.520. The Morgan fingerprint density at radius 1 is 1.03 bits per heavy atom. The molecule has 2 unspecified atom stereocenters. The van der Waals surface area contributed by atoms with Gasteiger partial charge < -0.3 is 15.0 Å². The molecule has 2 aromatic rings. The van der Waals surface area contributed by atoms with Gasteiger partial charge in [-0.25, -0.2) is 0 Å². The maximum atomic E-state index is 12.6. The predicted octanol–water partition coefficient (Wildman–Crippen LogP) is 3.06. The molecule has 1 aliphatic carbocycles. The minimum atomic E-state index is -0.00627. The Bertz CT molecular complexity index is 903. The predicted molar refractivity (Wildman–Crippen MR) is 122 cm³/mol. The summed E-state index contributed by atoms with van der Waals surface area (Å²) in [5.74, 6) is 1.54. The van der Waals surface area contributed by atoms with Crippen molar-refractivity contribution in [2.75, 3.05) is 39.3 Å². The van der Waals surface area contributed by atoms with Crippen molar-refractivity contribution in [1.82, 2.24) is 15.1 Å². The lowest BCUT2D eigenvalue weighted by Gasteiger charge is -2.35. The van der Waals surface area contributed by atoms with Crippen molar-refractivity contribution in [3.63, 3.8) is 0 Å². The molecule has 31 heavy (non-hydrogen) atoms. The summed E-state index contributed by atoms with van der Waals surface area (Å²) in [5, 5.41) is 5.32. The maximum Gasteiger partial charge on any atom is 0.260 e.